The topological polar surface area (TPSA) is 12.0 Å². The van der Waals surface area contributed by atoms with Crippen molar-refractivity contribution in [1.29, 1.82) is 0 Å². The Bertz CT molecular complexity index is 816. The molecule has 1 heterocycles. The van der Waals surface area contributed by atoms with Crippen LogP contribution in [0.2, 0.25) is 5.31 Å². The highest BCUT2D eigenvalue weighted by Crippen LogP contribution is 2.39. The molecule has 2 unspecified atom stereocenters. The van der Waals surface area contributed by atoms with Crippen molar-refractivity contribution in [1.82, 2.24) is 5.32 Å². The molecule has 1 aromatic rings. The van der Waals surface area contributed by atoms with Crippen LogP contribution in [0.25, 0.3) is 5.57 Å². The lowest BCUT2D eigenvalue weighted by Gasteiger charge is -2.34. The largest absolute Gasteiger partial charge is 0.381 e. The number of hydrogen-bond acceptors (Lipinski definition) is 1. The molecule has 1 aromatic carbocycles. The summed E-state index contributed by atoms with van der Waals surface area (Å²) in [5.41, 5.74) is 6.64. The number of dihydropyridines is 1. The summed E-state index contributed by atoms with van der Waals surface area (Å²) >= 11 is 0. The van der Waals surface area contributed by atoms with Gasteiger partial charge in [0, 0.05) is 5.92 Å². The third kappa shape index (κ3) is 4.55. The molecule has 1 aliphatic carbocycles. The second-order valence-corrected chi connectivity index (χ2v) is 8.14. The molecule has 2 aliphatic rings. The van der Waals surface area contributed by atoms with Crippen molar-refractivity contribution >= 4 is 13.4 Å². The summed E-state index contributed by atoms with van der Waals surface area (Å²) in [7, 11) is 6.37. The van der Waals surface area contributed by atoms with Gasteiger partial charge in [-0.1, -0.05) is 86.6 Å². The second kappa shape index (κ2) is 8.21. The van der Waals surface area contributed by atoms with Crippen LogP contribution in [0.5, 0.6) is 0 Å². The fourth-order valence-corrected chi connectivity index (χ4v) is 3.92. The maximum atomic E-state index is 6.37. The molecule has 0 saturated carbocycles. The smallest absolute Gasteiger partial charge is 0.0802 e. The average Bonchev–Trinajstić information content (AvgIpc) is 2.68. The van der Waals surface area contributed by atoms with Gasteiger partial charge in [-0.2, -0.15) is 0 Å². The first-order valence-corrected chi connectivity index (χ1v) is 9.97. The fourth-order valence-electron chi connectivity index (χ4n) is 3.92. The Morgan fingerprint density at radius 1 is 1.26 bits per heavy atom. The van der Waals surface area contributed by atoms with Gasteiger partial charge in [0.1, 0.15) is 0 Å². The molecular formula is C25H30BN. The first kappa shape index (κ1) is 19.5. The Morgan fingerprint density at radius 2 is 2.00 bits per heavy atom. The molecule has 0 fully saturated rings. The van der Waals surface area contributed by atoms with Crippen molar-refractivity contribution in [3.05, 3.63) is 89.2 Å². The molecule has 2 heteroatoms. The summed E-state index contributed by atoms with van der Waals surface area (Å²) in [5.74, 6) is 0.430. The number of nitrogens with one attached hydrogen (secondary N) is 1. The lowest BCUT2D eigenvalue weighted by Crippen LogP contribution is -2.32. The first-order chi connectivity index (χ1) is 12.9. The van der Waals surface area contributed by atoms with E-state index in [-0.39, 0.29) is 11.4 Å². The molecule has 0 saturated heterocycles. The molecule has 2 atom stereocenters. The Balaban J connectivity index is 2.01. The summed E-state index contributed by atoms with van der Waals surface area (Å²) < 4.78 is 0. The van der Waals surface area contributed by atoms with Crippen LogP contribution in [0.1, 0.15) is 46.1 Å². The van der Waals surface area contributed by atoms with E-state index in [0.29, 0.717) is 5.92 Å². The summed E-state index contributed by atoms with van der Waals surface area (Å²) in [6.07, 6.45) is 15.7. The van der Waals surface area contributed by atoms with E-state index in [1.54, 1.807) is 0 Å². The van der Waals surface area contributed by atoms with E-state index in [2.05, 4.69) is 93.7 Å². The molecular weight excluding hydrogens is 325 g/mol. The zero-order valence-electron chi connectivity index (χ0n) is 17.0. The number of allylic oxidation sites excluding steroid dienone is 7. The van der Waals surface area contributed by atoms with Crippen LogP contribution in [0.4, 0.5) is 0 Å². The van der Waals surface area contributed by atoms with Gasteiger partial charge in [-0.25, -0.2) is 0 Å². The van der Waals surface area contributed by atoms with Gasteiger partial charge in [-0.3, -0.25) is 0 Å². The predicted octanol–water partition coefficient (Wildman–Crippen LogP) is 6.15. The average molecular weight is 355 g/mol. The Kier molecular flexibility index (Phi) is 5.94. The highest BCUT2D eigenvalue weighted by atomic mass is 14.9. The zero-order valence-corrected chi connectivity index (χ0v) is 17.0. The second-order valence-electron chi connectivity index (χ2n) is 8.14. The predicted molar refractivity (Wildman–Crippen MR) is 119 cm³/mol. The Morgan fingerprint density at radius 3 is 2.67 bits per heavy atom. The molecule has 27 heavy (non-hydrogen) atoms. The molecule has 2 radical (unpaired) electrons. The highest BCUT2D eigenvalue weighted by molar-refractivity contribution is 6.17. The molecule has 0 aromatic heterocycles. The summed E-state index contributed by atoms with van der Waals surface area (Å²) in [6.45, 7) is 8.60. The first-order valence-electron chi connectivity index (χ1n) is 9.97. The number of benzene rings is 1. The molecule has 3 rings (SSSR count). The quantitative estimate of drug-likeness (QED) is 0.493. The van der Waals surface area contributed by atoms with E-state index < -0.39 is 0 Å². The van der Waals surface area contributed by atoms with E-state index >= 15 is 0 Å². The standard InChI is InChI=1S/C25H30BN/c1-5-9-18(2)22-13-12-20(19-10-7-6-8-11-19)16-23(22)24-17-21(14-15-27-24)25(3,4)26/h6-12,14-17,22,24,27H,5,13H2,1-4H3. The third-order valence-electron chi connectivity index (χ3n) is 5.47. The normalized spacial score (nSPS) is 23.3. The van der Waals surface area contributed by atoms with E-state index in [1.165, 1.54) is 27.9 Å². The van der Waals surface area contributed by atoms with Gasteiger partial charge in [-0.05, 0) is 54.1 Å². The van der Waals surface area contributed by atoms with Gasteiger partial charge in [-0.15, -0.1) is 0 Å². The van der Waals surface area contributed by atoms with Crippen LogP contribution < -0.4 is 5.32 Å². The molecule has 1 nitrogen and oxygen atoms in total. The van der Waals surface area contributed by atoms with Crippen molar-refractivity contribution < 1.29 is 0 Å². The van der Waals surface area contributed by atoms with Gasteiger partial charge in [0.2, 0.25) is 0 Å². The SMILES string of the molecule is [B]C(C)(C)C1=CC(C2=CC(c3ccccc3)=CCC2C(C)=CCC)NC=C1. The van der Waals surface area contributed by atoms with Crippen LogP contribution in [0, 0.1) is 5.92 Å². The molecule has 138 valence electrons. The fraction of sp³-hybridized carbons (Fsp3) is 0.360. The van der Waals surface area contributed by atoms with Crippen LogP contribution in [0.15, 0.2) is 83.6 Å². The van der Waals surface area contributed by atoms with Crippen LogP contribution in [0.3, 0.4) is 0 Å². The van der Waals surface area contributed by atoms with Crippen LogP contribution in [-0.2, 0) is 0 Å². The minimum absolute atomic E-state index is 0.172. The molecule has 1 N–H and O–H groups in total. The Hall–Kier alpha value is -2.22. The lowest BCUT2D eigenvalue weighted by molar-refractivity contribution is 0.620. The minimum Gasteiger partial charge on any atom is -0.381 e. The van der Waals surface area contributed by atoms with E-state index in [1.807, 2.05) is 6.20 Å². The van der Waals surface area contributed by atoms with E-state index in [9.17, 15) is 0 Å². The van der Waals surface area contributed by atoms with Gasteiger partial charge >= 0.3 is 0 Å². The minimum atomic E-state index is -0.339. The summed E-state index contributed by atoms with van der Waals surface area (Å²) in [6, 6.07) is 10.8. The van der Waals surface area contributed by atoms with Crippen molar-refractivity contribution in [2.75, 3.05) is 0 Å². The number of hydrogen-bond donors (Lipinski definition) is 1. The highest BCUT2D eigenvalue weighted by Gasteiger charge is 2.27. The maximum absolute atomic E-state index is 6.37. The van der Waals surface area contributed by atoms with Crippen molar-refractivity contribution in [3.8, 4) is 0 Å². The van der Waals surface area contributed by atoms with Crippen molar-refractivity contribution in [2.45, 2.75) is 51.9 Å². The molecule has 0 bridgehead atoms. The summed E-state index contributed by atoms with van der Waals surface area (Å²) in [5, 5.41) is 3.22. The molecule has 1 aliphatic heterocycles. The zero-order chi connectivity index (χ0) is 19.4. The maximum Gasteiger partial charge on any atom is 0.0802 e. The van der Waals surface area contributed by atoms with Gasteiger partial charge < -0.3 is 5.32 Å². The van der Waals surface area contributed by atoms with Crippen LogP contribution in [-0.4, -0.2) is 13.9 Å². The number of rotatable bonds is 5. The van der Waals surface area contributed by atoms with E-state index in [0.717, 1.165) is 12.8 Å². The molecule has 0 spiro atoms. The summed E-state index contributed by atoms with van der Waals surface area (Å²) in [4.78, 5) is 0. The lowest BCUT2D eigenvalue weighted by atomic mass is 9.65. The molecule has 0 amide bonds. The Labute approximate surface area is 166 Å². The van der Waals surface area contributed by atoms with Gasteiger partial charge in [0.25, 0.3) is 0 Å². The van der Waals surface area contributed by atoms with Gasteiger partial charge in [0.05, 0.1) is 13.9 Å². The van der Waals surface area contributed by atoms with Crippen molar-refractivity contribution in [2.24, 2.45) is 5.92 Å². The van der Waals surface area contributed by atoms with Crippen LogP contribution >= 0.6 is 0 Å². The van der Waals surface area contributed by atoms with E-state index in [4.69, 9.17) is 7.85 Å². The third-order valence-corrected chi connectivity index (χ3v) is 5.47. The van der Waals surface area contributed by atoms with Crippen molar-refractivity contribution in [3.63, 3.8) is 0 Å². The van der Waals surface area contributed by atoms with Gasteiger partial charge in [0.15, 0.2) is 0 Å². The monoisotopic (exact) mass is 355 g/mol.